The summed E-state index contributed by atoms with van der Waals surface area (Å²) in [5.41, 5.74) is 0. The van der Waals surface area contributed by atoms with Crippen molar-refractivity contribution in [3.05, 3.63) is 24.3 Å². The third kappa shape index (κ3) is 2.51. The summed E-state index contributed by atoms with van der Waals surface area (Å²) in [4.78, 5) is 14.0. The number of pyridine rings is 1. The van der Waals surface area contributed by atoms with E-state index >= 15 is 0 Å². The molecule has 13 heavy (non-hydrogen) atoms. The molecule has 0 aliphatic heterocycles. The van der Waals surface area contributed by atoms with E-state index in [2.05, 4.69) is 20.7 Å². The van der Waals surface area contributed by atoms with E-state index in [-0.39, 0.29) is 5.75 Å². The van der Waals surface area contributed by atoms with Crippen LogP contribution < -0.4 is 10.6 Å². The highest BCUT2D eigenvalue weighted by molar-refractivity contribution is 6.23. The van der Waals surface area contributed by atoms with E-state index < -0.39 is 11.9 Å². The minimum Gasteiger partial charge on any atom is -0.417 e. The molecule has 0 amide bonds. The van der Waals surface area contributed by atoms with Crippen LogP contribution in [0.2, 0.25) is 0 Å². The quantitative estimate of drug-likeness (QED) is 0.231. The molecule has 1 heterocycles. The fourth-order valence-electron chi connectivity index (χ4n) is 0.643. The van der Waals surface area contributed by atoms with Gasteiger partial charge in [0.1, 0.15) is 6.21 Å². The number of nitrogens with zero attached hydrogens (tertiary/aromatic N) is 2. The molecular formula is C7H6FN3O2. The first-order valence-electron chi connectivity index (χ1n) is 3.29. The van der Waals surface area contributed by atoms with Crippen LogP contribution in [0, 0.1) is 5.95 Å². The molecule has 2 N–H and O–H groups in total. The Kier molecular flexibility index (Phi) is 2.91. The molecule has 1 aromatic rings. The molecule has 0 atom stereocenters. The van der Waals surface area contributed by atoms with Gasteiger partial charge in [0, 0.05) is 6.20 Å². The number of aromatic nitrogens is 1. The Hall–Kier alpha value is -1.98. The first-order valence-corrected chi connectivity index (χ1v) is 3.29. The van der Waals surface area contributed by atoms with Crippen LogP contribution in [0.1, 0.15) is 0 Å². The predicted octanol–water partition coefficient (Wildman–Crippen LogP) is 0.0706. The number of ether oxygens (including phenoxy) is 1. The van der Waals surface area contributed by atoms with Crippen molar-refractivity contribution in [1.82, 2.24) is 4.98 Å². The van der Waals surface area contributed by atoms with Gasteiger partial charge >= 0.3 is 5.97 Å². The number of halogens is 1. The highest BCUT2D eigenvalue weighted by atomic mass is 19.1. The summed E-state index contributed by atoms with van der Waals surface area (Å²) < 4.78 is 17.2. The lowest BCUT2D eigenvalue weighted by molar-refractivity contribution is -0.126. The van der Waals surface area contributed by atoms with Gasteiger partial charge in [-0.05, 0) is 12.1 Å². The highest BCUT2D eigenvalue weighted by Crippen LogP contribution is 2.12. The van der Waals surface area contributed by atoms with Crippen LogP contribution in [0.15, 0.2) is 23.4 Å². The molecule has 0 saturated carbocycles. The van der Waals surface area contributed by atoms with Crippen molar-refractivity contribution in [3.8, 4) is 5.75 Å². The van der Waals surface area contributed by atoms with Crippen LogP contribution in [-0.2, 0) is 4.79 Å². The van der Waals surface area contributed by atoms with E-state index in [0.717, 1.165) is 6.21 Å². The van der Waals surface area contributed by atoms with Crippen LogP contribution in [0.4, 0.5) is 4.39 Å². The van der Waals surface area contributed by atoms with E-state index in [1.54, 1.807) is 0 Å². The van der Waals surface area contributed by atoms with Gasteiger partial charge in [0.15, 0.2) is 5.75 Å². The summed E-state index contributed by atoms with van der Waals surface area (Å²) in [6, 6.07) is 2.70. The third-order valence-corrected chi connectivity index (χ3v) is 1.12. The molecular weight excluding hydrogens is 177 g/mol. The zero-order chi connectivity index (χ0) is 9.68. The van der Waals surface area contributed by atoms with Gasteiger partial charge in [-0.3, -0.25) is 0 Å². The second kappa shape index (κ2) is 4.15. The average Bonchev–Trinajstić information content (AvgIpc) is 2.09. The van der Waals surface area contributed by atoms with E-state index in [4.69, 9.17) is 0 Å². The normalized spacial score (nSPS) is 10.2. The van der Waals surface area contributed by atoms with Crippen molar-refractivity contribution >= 4 is 12.2 Å². The molecule has 0 unspecified atom stereocenters. The topological polar surface area (TPSA) is 77.6 Å². The maximum absolute atomic E-state index is 12.7. The van der Waals surface area contributed by atoms with Gasteiger partial charge in [-0.2, -0.15) is 9.49 Å². The number of hydrazone groups is 1. The van der Waals surface area contributed by atoms with E-state index in [1.165, 1.54) is 18.3 Å². The lowest BCUT2D eigenvalue weighted by Crippen LogP contribution is -2.11. The number of carbonyl (C=O) groups is 1. The second-order valence-corrected chi connectivity index (χ2v) is 1.99. The maximum atomic E-state index is 12.7. The number of carbonyl (C=O) groups excluding carboxylic acids is 1. The molecule has 0 spiro atoms. The van der Waals surface area contributed by atoms with Gasteiger partial charge in [-0.25, -0.2) is 9.78 Å². The van der Waals surface area contributed by atoms with Gasteiger partial charge in [-0.1, -0.05) is 0 Å². The van der Waals surface area contributed by atoms with Gasteiger partial charge in [0.25, 0.3) is 5.95 Å². The molecule has 68 valence electrons. The number of esters is 1. The van der Waals surface area contributed by atoms with Crippen LogP contribution in [-0.4, -0.2) is 17.2 Å². The highest BCUT2D eigenvalue weighted by Gasteiger charge is 2.06. The molecule has 1 aromatic heterocycles. The van der Waals surface area contributed by atoms with E-state index in [1.807, 2.05) is 0 Å². The Bertz CT molecular complexity index is 340. The van der Waals surface area contributed by atoms with Gasteiger partial charge in [0.2, 0.25) is 0 Å². The van der Waals surface area contributed by atoms with Gasteiger partial charge in [-0.15, -0.1) is 0 Å². The fourth-order valence-corrected chi connectivity index (χ4v) is 0.643. The van der Waals surface area contributed by atoms with Crippen molar-refractivity contribution in [2.75, 3.05) is 0 Å². The predicted molar refractivity (Wildman–Crippen MR) is 42.5 cm³/mol. The maximum Gasteiger partial charge on any atom is 0.356 e. The number of hydrogen-bond donors (Lipinski definition) is 1. The second-order valence-electron chi connectivity index (χ2n) is 1.99. The third-order valence-electron chi connectivity index (χ3n) is 1.12. The summed E-state index contributed by atoms with van der Waals surface area (Å²) in [6.45, 7) is 0. The summed E-state index contributed by atoms with van der Waals surface area (Å²) in [5, 5.41) is 2.92. The van der Waals surface area contributed by atoms with Crippen LogP contribution in [0.5, 0.6) is 5.75 Å². The molecule has 6 heteroatoms. The molecule has 1 rings (SSSR count). The number of hydrogen-bond acceptors (Lipinski definition) is 5. The van der Waals surface area contributed by atoms with Crippen LogP contribution in [0.25, 0.3) is 0 Å². The minimum absolute atomic E-state index is 0.257. The van der Waals surface area contributed by atoms with Gasteiger partial charge in [0.05, 0.1) is 0 Å². The molecule has 0 saturated heterocycles. The first kappa shape index (κ1) is 9.11. The molecule has 0 bridgehead atoms. The van der Waals surface area contributed by atoms with Crippen molar-refractivity contribution in [2.45, 2.75) is 0 Å². The largest absolute Gasteiger partial charge is 0.417 e. The first-order chi connectivity index (χ1) is 6.24. The van der Waals surface area contributed by atoms with Crippen molar-refractivity contribution in [1.29, 1.82) is 0 Å². The zero-order valence-corrected chi connectivity index (χ0v) is 6.48. The summed E-state index contributed by atoms with van der Waals surface area (Å²) in [6.07, 6.45) is 1.97. The summed E-state index contributed by atoms with van der Waals surface area (Å²) in [7, 11) is 0. The monoisotopic (exact) mass is 183 g/mol. The summed E-state index contributed by atoms with van der Waals surface area (Å²) >= 11 is 0. The Balaban J connectivity index is 2.74. The average molecular weight is 183 g/mol. The lowest BCUT2D eigenvalue weighted by Gasteiger charge is -1.99. The molecule has 0 aromatic carbocycles. The van der Waals surface area contributed by atoms with Crippen molar-refractivity contribution < 1.29 is 13.9 Å². The minimum atomic E-state index is -0.860. The Morgan fingerprint density at radius 2 is 2.54 bits per heavy atom. The molecule has 0 fully saturated rings. The SMILES string of the molecule is NN=CC(=O)Oc1cccnc1F. The molecule has 0 radical (unpaired) electrons. The number of rotatable bonds is 2. The Labute approximate surface area is 73.0 Å². The molecule has 0 aliphatic rings. The fraction of sp³-hybridized carbons (Fsp3) is 0. The van der Waals surface area contributed by atoms with E-state index in [9.17, 15) is 9.18 Å². The van der Waals surface area contributed by atoms with E-state index in [0.29, 0.717) is 0 Å². The van der Waals surface area contributed by atoms with Gasteiger partial charge < -0.3 is 10.6 Å². The smallest absolute Gasteiger partial charge is 0.356 e. The molecule has 0 aliphatic carbocycles. The zero-order valence-electron chi connectivity index (χ0n) is 6.48. The number of nitrogens with two attached hydrogens (primary N) is 1. The van der Waals surface area contributed by atoms with Crippen LogP contribution in [0.3, 0.4) is 0 Å². The lowest BCUT2D eigenvalue weighted by atomic mass is 10.4. The van der Waals surface area contributed by atoms with Crippen molar-refractivity contribution in [3.63, 3.8) is 0 Å². The summed E-state index contributed by atoms with van der Waals surface area (Å²) in [5.74, 6) is 2.71. The molecule has 5 nitrogen and oxygen atoms in total. The Morgan fingerprint density at radius 3 is 3.15 bits per heavy atom. The Morgan fingerprint density at radius 1 is 1.77 bits per heavy atom. The van der Waals surface area contributed by atoms with Crippen LogP contribution >= 0.6 is 0 Å². The standard InChI is InChI=1S/C7H6FN3O2/c8-7-5(2-1-3-10-7)13-6(12)4-11-9/h1-4H,9H2. The van der Waals surface area contributed by atoms with Crippen molar-refractivity contribution in [2.24, 2.45) is 10.9 Å².